The molecule has 2 aromatic rings. The highest BCUT2D eigenvalue weighted by atomic mass is 15.3. The molecule has 2 atom stereocenters. The largest absolute Gasteiger partial charge is 0.268 e. The van der Waals surface area contributed by atoms with E-state index in [9.17, 15) is 0 Å². The van der Waals surface area contributed by atoms with E-state index in [0.717, 1.165) is 5.92 Å². The number of hydrogen-bond donors (Lipinski definition) is 0. The van der Waals surface area contributed by atoms with Crippen LogP contribution in [0.15, 0.2) is 36.5 Å². The Hall–Kier alpha value is -1.83. The Morgan fingerprint density at radius 1 is 1.18 bits per heavy atom. The molecule has 1 aromatic carbocycles. The Kier molecular flexibility index (Phi) is 3.94. The van der Waals surface area contributed by atoms with Crippen LogP contribution >= 0.6 is 0 Å². The lowest BCUT2D eigenvalue weighted by molar-refractivity contribution is 0.521. The minimum atomic E-state index is 0.0677. The zero-order valence-corrected chi connectivity index (χ0v) is 14.1. The van der Waals surface area contributed by atoms with Crippen molar-refractivity contribution in [2.45, 2.75) is 52.0 Å². The highest BCUT2D eigenvalue weighted by Gasteiger charge is 2.38. The van der Waals surface area contributed by atoms with Crippen molar-refractivity contribution < 1.29 is 0 Å². The van der Waals surface area contributed by atoms with Crippen LogP contribution in [-0.2, 0) is 5.41 Å². The van der Waals surface area contributed by atoms with Gasteiger partial charge in [0, 0.05) is 17.2 Å². The highest BCUT2D eigenvalue weighted by Crippen LogP contribution is 2.45. The van der Waals surface area contributed by atoms with Gasteiger partial charge in [0.15, 0.2) is 0 Å². The molecule has 2 nitrogen and oxygen atoms in total. The van der Waals surface area contributed by atoms with Gasteiger partial charge in [0.05, 0.1) is 11.7 Å². The van der Waals surface area contributed by atoms with E-state index in [4.69, 9.17) is 5.10 Å². The molecule has 0 spiro atoms. The molecule has 0 N–H and O–H groups in total. The molecule has 1 saturated carbocycles. The Balaban J connectivity index is 1.90. The molecule has 2 unspecified atom stereocenters. The molecule has 0 radical (unpaired) electrons. The first-order valence-corrected chi connectivity index (χ1v) is 8.32. The minimum absolute atomic E-state index is 0.0677. The average molecular weight is 294 g/mol. The van der Waals surface area contributed by atoms with Gasteiger partial charge in [0.25, 0.3) is 0 Å². The van der Waals surface area contributed by atoms with Crippen LogP contribution in [0.25, 0.3) is 12.2 Å². The highest BCUT2D eigenvalue weighted by molar-refractivity contribution is 5.70. The maximum absolute atomic E-state index is 4.92. The molecule has 0 aliphatic heterocycles. The summed E-state index contributed by atoms with van der Waals surface area (Å²) in [6.07, 6.45) is 9.16. The third kappa shape index (κ3) is 3.16. The molecule has 116 valence electrons. The van der Waals surface area contributed by atoms with Crippen molar-refractivity contribution in [3.05, 3.63) is 53.3 Å². The zero-order valence-electron chi connectivity index (χ0n) is 14.1. The van der Waals surface area contributed by atoms with Gasteiger partial charge in [-0.25, -0.2) is 0 Å². The van der Waals surface area contributed by atoms with Crippen LogP contribution in [0.3, 0.4) is 0 Å². The van der Waals surface area contributed by atoms with Gasteiger partial charge in [-0.3, -0.25) is 4.68 Å². The third-order valence-electron chi connectivity index (χ3n) is 4.48. The molecule has 3 rings (SSSR count). The molecule has 1 aliphatic rings. The lowest BCUT2D eigenvalue weighted by atomic mass is 9.89. The fraction of sp³-hybridized carbons (Fsp3) is 0.450. The molecule has 1 aromatic heterocycles. The van der Waals surface area contributed by atoms with Gasteiger partial charge in [-0.05, 0) is 17.9 Å². The Morgan fingerprint density at radius 3 is 2.50 bits per heavy atom. The predicted octanol–water partition coefficient (Wildman–Crippen LogP) is 5.32. The summed E-state index contributed by atoms with van der Waals surface area (Å²) in [7, 11) is 0. The van der Waals surface area contributed by atoms with Gasteiger partial charge < -0.3 is 0 Å². The number of nitrogens with zero attached hydrogens (tertiary/aromatic N) is 2. The van der Waals surface area contributed by atoms with Gasteiger partial charge in [0.1, 0.15) is 0 Å². The normalized spacial score (nSPS) is 21.5. The van der Waals surface area contributed by atoms with E-state index in [1.54, 1.807) is 0 Å². The number of rotatable bonds is 4. The fourth-order valence-corrected chi connectivity index (χ4v) is 3.03. The van der Waals surface area contributed by atoms with Gasteiger partial charge in [-0.2, -0.15) is 5.10 Å². The van der Waals surface area contributed by atoms with Crippen LogP contribution in [0.4, 0.5) is 0 Å². The quantitative estimate of drug-likeness (QED) is 0.746. The van der Waals surface area contributed by atoms with Gasteiger partial charge in [0.2, 0.25) is 0 Å². The van der Waals surface area contributed by atoms with Gasteiger partial charge in [-0.15, -0.1) is 0 Å². The summed E-state index contributed by atoms with van der Waals surface area (Å²) in [5.41, 5.74) is 3.74. The van der Waals surface area contributed by atoms with E-state index in [1.165, 1.54) is 29.7 Å². The Morgan fingerprint density at radius 2 is 1.91 bits per heavy atom. The Labute approximate surface area is 133 Å². The van der Waals surface area contributed by atoms with Crippen molar-refractivity contribution in [3.8, 4) is 0 Å². The second-order valence-electron chi connectivity index (χ2n) is 7.38. The predicted molar refractivity (Wildman–Crippen MR) is 93.7 cm³/mol. The van der Waals surface area contributed by atoms with E-state index in [2.05, 4.69) is 75.0 Å². The Bertz CT molecular complexity index is 659. The molecule has 22 heavy (non-hydrogen) atoms. The molecular weight excluding hydrogens is 268 g/mol. The molecule has 0 bridgehead atoms. The monoisotopic (exact) mass is 294 g/mol. The van der Waals surface area contributed by atoms with Gasteiger partial charge in [-0.1, -0.05) is 76.6 Å². The lowest BCUT2D eigenvalue weighted by Gasteiger charge is -2.16. The standard InChI is InChI=1S/C20H26N2/c1-5-16-13-18(16)22-14-17(19(21-22)20(2,3)4)12-11-15-9-7-6-8-10-15/h6-12,14,16,18H,5,13H2,1-4H3/b12-11+. The topological polar surface area (TPSA) is 17.8 Å². The zero-order chi connectivity index (χ0) is 15.7. The minimum Gasteiger partial charge on any atom is -0.268 e. The van der Waals surface area contributed by atoms with Gasteiger partial charge >= 0.3 is 0 Å². The summed E-state index contributed by atoms with van der Waals surface area (Å²) < 4.78 is 2.21. The molecular formula is C20H26N2. The first kappa shape index (κ1) is 15.1. The average Bonchev–Trinajstić information content (AvgIpc) is 3.15. The van der Waals surface area contributed by atoms with Crippen LogP contribution in [-0.4, -0.2) is 9.78 Å². The molecule has 0 amide bonds. The molecule has 0 saturated heterocycles. The van der Waals surface area contributed by atoms with E-state index >= 15 is 0 Å². The SMILES string of the molecule is CCC1CC1n1cc(/C=C/c2ccccc2)c(C(C)(C)C)n1. The fourth-order valence-electron chi connectivity index (χ4n) is 3.03. The number of aromatic nitrogens is 2. The van der Waals surface area contributed by atoms with Crippen molar-refractivity contribution in [3.63, 3.8) is 0 Å². The van der Waals surface area contributed by atoms with Crippen molar-refractivity contribution >= 4 is 12.2 Å². The van der Waals surface area contributed by atoms with Crippen molar-refractivity contribution in [2.24, 2.45) is 5.92 Å². The van der Waals surface area contributed by atoms with Crippen molar-refractivity contribution in [1.29, 1.82) is 0 Å². The number of benzene rings is 1. The first-order chi connectivity index (χ1) is 10.5. The molecule has 1 fully saturated rings. The van der Waals surface area contributed by atoms with E-state index in [0.29, 0.717) is 6.04 Å². The smallest absolute Gasteiger partial charge is 0.0750 e. The van der Waals surface area contributed by atoms with Crippen LogP contribution in [0, 0.1) is 5.92 Å². The lowest BCUT2D eigenvalue weighted by Crippen LogP contribution is -2.14. The molecule has 1 aliphatic carbocycles. The molecule has 2 heteroatoms. The summed E-state index contributed by atoms with van der Waals surface area (Å²) in [5, 5.41) is 4.92. The van der Waals surface area contributed by atoms with Crippen LogP contribution in [0.2, 0.25) is 0 Å². The summed E-state index contributed by atoms with van der Waals surface area (Å²) in [6.45, 7) is 8.99. The van der Waals surface area contributed by atoms with E-state index in [-0.39, 0.29) is 5.41 Å². The number of hydrogen-bond acceptors (Lipinski definition) is 1. The summed E-state index contributed by atoms with van der Waals surface area (Å²) in [4.78, 5) is 0. The summed E-state index contributed by atoms with van der Waals surface area (Å²) >= 11 is 0. The van der Waals surface area contributed by atoms with E-state index < -0.39 is 0 Å². The third-order valence-corrected chi connectivity index (χ3v) is 4.48. The second kappa shape index (κ2) is 5.75. The maximum Gasteiger partial charge on any atom is 0.0750 e. The summed E-state index contributed by atoms with van der Waals surface area (Å²) in [6, 6.07) is 11.1. The maximum atomic E-state index is 4.92. The van der Waals surface area contributed by atoms with Crippen LogP contribution in [0.1, 0.15) is 63.4 Å². The van der Waals surface area contributed by atoms with Crippen LogP contribution in [0.5, 0.6) is 0 Å². The first-order valence-electron chi connectivity index (χ1n) is 8.32. The summed E-state index contributed by atoms with van der Waals surface area (Å²) in [5.74, 6) is 0.818. The van der Waals surface area contributed by atoms with Crippen molar-refractivity contribution in [2.75, 3.05) is 0 Å². The van der Waals surface area contributed by atoms with Crippen LogP contribution < -0.4 is 0 Å². The second-order valence-corrected chi connectivity index (χ2v) is 7.38. The van der Waals surface area contributed by atoms with Crippen molar-refractivity contribution in [1.82, 2.24) is 9.78 Å². The molecule has 1 heterocycles. The van der Waals surface area contributed by atoms with E-state index in [1.807, 2.05) is 6.07 Å².